The van der Waals surface area contributed by atoms with Crippen LogP contribution < -0.4 is 10.1 Å². The number of hydrogen-bond acceptors (Lipinski definition) is 5. The van der Waals surface area contributed by atoms with E-state index in [4.69, 9.17) is 4.74 Å². The number of ether oxygens (including phenoxy) is 1. The van der Waals surface area contributed by atoms with Crippen molar-refractivity contribution in [1.29, 1.82) is 0 Å². The van der Waals surface area contributed by atoms with Gasteiger partial charge < -0.3 is 10.1 Å². The van der Waals surface area contributed by atoms with E-state index < -0.39 is 0 Å². The normalized spacial score (nSPS) is 23.7. The van der Waals surface area contributed by atoms with Gasteiger partial charge in [-0.3, -0.25) is 4.90 Å². The number of piperidine rings is 1. The molecule has 0 bridgehead atoms. The third-order valence-corrected chi connectivity index (χ3v) is 5.49. The van der Waals surface area contributed by atoms with Crippen molar-refractivity contribution in [1.82, 2.24) is 20.2 Å². The van der Waals surface area contributed by atoms with Gasteiger partial charge in [-0.25, -0.2) is 9.97 Å². The lowest BCUT2D eigenvalue weighted by Crippen LogP contribution is -2.44. The Labute approximate surface area is 155 Å². The number of nitrogens with one attached hydrogen (secondary N) is 1. The van der Waals surface area contributed by atoms with Crippen LogP contribution in [0.3, 0.4) is 0 Å². The summed E-state index contributed by atoms with van der Waals surface area (Å²) >= 11 is 0. The van der Waals surface area contributed by atoms with E-state index in [0.29, 0.717) is 18.7 Å². The highest BCUT2D eigenvalue weighted by atomic mass is 16.5. The minimum absolute atomic E-state index is 0.663. The summed E-state index contributed by atoms with van der Waals surface area (Å²) in [5.41, 5.74) is 1.49. The molecule has 5 nitrogen and oxygen atoms in total. The highest BCUT2D eigenvalue weighted by molar-refractivity contribution is 5.27. The Bertz CT molecular complexity index is 683. The molecule has 2 atom stereocenters. The molecule has 1 aromatic carbocycles. The van der Waals surface area contributed by atoms with E-state index in [9.17, 15) is 0 Å². The predicted molar refractivity (Wildman–Crippen MR) is 102 cm³/mol. The van der Waals surface area contributed by atoms with E-state index in [-0.39, 0.29) is 0 Å². The van der Waals surface area contributed by atoms with Crippen molar-refractivity contribution >= 4 is 0 Å². The monoisotopic (exact) mass is 352 g/mol. The molecule has 1 saturated heterocycles. The number of benzene rings is 1. The molecule has 2 heterocycles. The second kappa shape index (κ2) is 8.14. The molecule has 0 spiro atoms. The molecule has 4 rings (SSSR count). The molecule has 1 aliphatic heterocycles. The average molecular weight is 352 g/mol. The van der Waals surface area contributed by atoms with Crippen LogP contribution in [0.15, 0.2) is 42.7 Å². The van der Waals surface area contributed by atoms with Gasteiger partial charge in [0.2, 0.25) is 0 Å². The predicted octanol–water partition coefficient (Wildman–Crippen LogP) is 2.77. The summed E-state index contributed by atoms with van der Waals surface area (Å²) in [4.78, 5) is 10.8. The minimum Gasteiger partial charge on any atom is -0.489 e. The summed E-state index contributed by atoms with van der Waals surface area (Å²) < 4.78 is 5.75. The maximum atomic E-state index is 5.75. The van der Waals surface area contributed by atoms with Crippen molar-refractivity contribution < 1.29 is 4.74 Å². The molecular formula is C21H28N4O. The molecule has 1 aromatic heterocycles. The number of hydrogen-bond donors (Lipinski definition) is 1. The van der Waals surface area contributed by atoms with Crippen LogP contribution in [0.25, 0.3) is 0 Å². The van der Waals surface area contributed by atoms with Crippen LogP contribution in [0.5, 0.6) is 5.75 Å². The second-order valence-electron chi connectivity index (χ2n) is 7.46. The number of nitrogens with zero attached hydrogens (tertiary/aromatic N) is 3. The highest BCUT2D eigenvalue weighted by Gasteiger charge is 2.39. The summed E-state index contributed by atoms with van der Waals surface area (Å²) in [5.74, 6) is 2.25. The third-order valence-electron chi connectivity index (χ3n) is 5.49. The maximum Gasteiger partial charge on any atom is 0.155 e. The summed E-state index contributed by atoms with van der Waals surface area (Å²) in [6.07, 6.45) is 7.24. The van der Waals surface area contributed by atoms with Crippen molar-refractivity contribution in [2.45, 2.75) is 44.2 Å². The Morgan fingerprint density at radius 3 is 2.58 bits per heavy atom. The highest BCUT2D eigenvalue weighted by Crippen LogP contribution is 2.41. The zero-order valence-corrected chi connectivity index (χ0v) is 15.5. The first kappa shape index (κ1) is 17.4. The van der Waals surface area contributed by atoms with E-state index in [0.717, 1.165) is 37.1 Å². The van der Waals surface area contributed by atoms with Gasteiger partial charge in [0.25, 0.3) is 0 Å². The lowest BCUT2D eigenvalue weighted by molar-refractivity contribution is 0.163. The van der Waals surface area contributed by atoms with Crippen molar-refractivity contribution in [2.75, 3.05) is 26.2 Å². The first-order valence-electron chi connectivity index (χ1n) is 9.73. The van der Waals surface area contributed by atoms with Gasteiger partial charge in [-0.2, -0.15) is 0 Å². The lowest BCUT2D eigenvalue weighted by Gasteiger charge is -2.32. The van der Waals surface area contributed by atoms with Gasteiger partial charge in [0, 0.05) is 24.5 Å². The Kier molecular flexibility index (Phi) is 5.46. The fourth-order valence-corrected chi connectivity index (χ4v) is 3.82. The first-order valence-corrected chi connectivity index (χ1v) is 9.73. The van der Waals surface area contributed by atoms with E-state index >= 15 is 0 Å². The Hall–Kier alpha value is -1.98. The summed E-state index contributed by atoms with van der Waals surface area (Å²) in [6, 6.07) is 12.2. The molecule has 1 N–H and O–H groups in total. The molecule has 1 saturated carbocycles. The van der Waals surface area contributed by atoms with Crippen molar-refractivity contribution in [3.63, 3.8) is 0 Å². The zero-order valence-electron chi connectivity index (χ0n) is 15.5. The molecule has 1 aliphatic carbocycles. The van der Waals surface area contributed by atoms with Gasteiger partial charge in [0.15, 0.2) is 5.75 Å². The lowest BCUT2D eigenvalue weighted by atomic mass is 10.0. The molecular weight excluding hydrogens is 324 g/mol. The Morgan fingerprint density at radius 2 is 1.85 bits per heavy atom. The van der Waals surface area contributed by atoms with Crippen molar-refractivity contribution in [2.24, 2.45) is 0 Å². The quantitative estimate of drug-likeness (QED) is 0.830. The summed E-state index contributed by atoms with van der Waals surface area (Å²) in [5, 5.41) is 3.87. The molecule has 1 unspecified atom stereocenters. The molecule has 2 aromatic rings. The van der Waals surface area contributed by atoms with Crippen LogP contribution >= 0.6 is 0 Å². The summed E-state index contributed by atoms with van der Waals surface area (Å²) in [6.45, 7) is 5.84. The maximum absolute atomic E-state index is 5.75. The van der Waals surface area contributed by atoms with Crippen LogP contribution in [0, 0.1) is 6.92 Å². The standard InChI is InChI=1S/C21H28N4O/c1-16-22-14-19(15-23-16)26-12-11-25-9-7-18(8-10-25)24-21-13-20(21)17-5-3-2-4-6-17/h2-6,14-15,18,20-21,24H,7-13H2,1H3/t20?,21-/m1/s1. The van der Waals surface area contributed by atoms with Gasteiger partial charge in [-0.15, -0.1) is 0 Å². The van der Waals surface area contributed by atoms with Gasteiger partial charge in [0.1, 0.15) is 12.4 Å². The number of likely N-dealkylation sites (tertiary alicyclic amines) is 1. The largest absolute Gasteiger partial charge is 0.489 e. The fourth-order valence-electron chi connectivity index (χ4n) is 3.82. The Balaban J connectivity index is 1.13. The van der Waals surface area contributed by atoms with Crippen LogP contribution in [-0.2, 0) is 0 Å². The molecule has 26 heavy (non-hydrogen) atoms. The topological polar surface area (TPSA) is 50.3 Å². The number of rotatable bonds is 7. The SMILES string of the molecule is Cc1ncc(OCCN2CCC(N[C@@H]3CC3c3ccccc3)CC2)cn1. The molecule has 0 radical (unpaired) electrons. The van der Waals surface area contributed by atoms with Gasteiger partial charge in [0.05, 0.1) is 12.4 Å². The van der Waals surface area contributed by atoms with E-state index in [1.54, 1.807) is 12.4 Å². The molecule has 138 valence electrons. The molecule has 0 amide bonds. The van der Waals surface area contributed by atoms with Crippen molar-refractivity contribution in [3.8, 4) is 5.75 Å². The van der Waals surface area contributed by atoms with E-state index in [2.05, 4.69) is 50.5 Å². The van der Waals surface area contributed by atoms with E-state index in [1.165, 1.54) is 24.8 Å². The first-order chi connectivity index (χ1) is 12.8. The average Bonchev–Trinajstić information content (AvgIpc) is 3.45. The molecule has 2 aliphatic rings. The van der Waals surface area contributed by atoms with Gasteiger partial charge in [-0.1, -0.05) is 30.3 Å². The fraction of sp³-hybridized carbons (Fsp3) is 0.524. The van der Waals surface area contributed by atoms with Crippen LogP contribution in [-0.4, -0.2) is 53.2 Å². The van der Waals surface area contributed by atoms with Crippen LogP contribution in [0.1, 0.15) is 36.6 Å². The van der Waals surface area contributed by atoms with Crippen LogP contribution in [0.4, 0.5) is 0 Å². The van der Waals surface area contributed by atoms with Crippen LogP contribution in [0.2, 0.25) is 0 Å². The Morgan fingerprint density at radius 1 is 1.12 bits per heavy atom. The zero-order chi connectivity index (χ0) is 17.8. The second-order valence-corrected chi connectivity index (χ2v) is 7.46. The third kappa shape index (κ3) is 4.59. The van der Waals surface area contributed by atoms with Gasteiger partial charge >= 0.3 is 0 Å². The molecule has 2 fully saturated rings. The van der Waals surface area contributed by atoms with Crippen molar-refractivity contribution in [3.05, 3.63) is 54.1 Å². The molecule has 5 heteroatoms. The van der Waals surface area contributed by atoms with E-state index in [1.807, 2.05) is 6.92 Å². The van der Waals surface area contributed by atoms with Gasteiger partial charge in [-0.05, 0) is 44.8 Å². The summed E-state index contributed by atoms with van der Waals surface area (Å²) in [7, 11) is 0. The minimum atomic E-state index is 0.663. The number of aromatic nitrogens is 2. The smallest absolute Gasteiger partial charge is 0.155 e. The number of aryl methyl sites for hydroxylation is 1.